The summed E-state index contributed by atoms with van der Waals surface area (Å²) in [4.78, 5) is 36.4. The molecule has 2 aliphatic rings. The number of ether oxygens (including phenoxy) is 2. The maximum atomic E-state index is 12.8. The van der Waals surface area contributed by atoms with Gasteiger partial charge in [-0.2, -0.15) is 0 Å². The number of anilines is 1. The fraction of sp³-hybridized carbons (Fsp3) is 0.261. The van der Waals surface area contributed by atoms with Gasteiger partial charge in [0.2, 0.25) is 0 Å². The number of esters is 2. The number of carboxylic acids is 1. The number of para-hydroxylation sites is 1. The van der Waals surface area contributed by atoms with Crippen molar-refractivity contribution in [1.29, 1.82) is 0 Å². The molecule has 1 aliphatic carbocycles. The summed E-state index contributed by atoms with van der Waals surface area (Å²) in [5.74, 6) is -2.49. The lowest BCUT2D eigenvalue weighted by Crippen LogP contribution is -2.48. The number of aliphatic carboxylic acids is 1. The van der Waals surface area contributed by atoms with E-state index < -0.39 is 23.9 Å². The van der Waals surface area contributed by atoms with Crippen molar-refractivity contribution < 1.29 is 29.0 Å². The number of carbonyl (C=O) groups is 3. The van der Waals surface area contributed by atoms with Crippen LogP contribution >= 0.6 is 0 Å². The van der Waals surface area contributed by atoms with Gasteiger partial charge in [0.15, 0.2) is 0 Å². The fourth-order valence-electron chi connectivity index (χ4n) is 4.05. The number of nitrogens with one attached hydrogen (secondary N) is 1. The van der Waals surface area contributed by atoms with Gasteiger partial charge in [-0.25, -0.2) is 9.59 Å². The van der Waals surface area contributed by atoms with Crippen LogP contribution < -0.4 is 15.2 Å². The van der Waals surface area contributed by atoms with Crippen molar-refractivity contribution >= 4 is 23.6 Å². The third-order valence-corrected chi connectivity index (χ3v) is 5.44. The highest BCUT2D eigenvalue weighted by atomic mass is 16.5. The lowest BCUT2D eigenvalue weighted by molar-refractivity contribution is -0.308. The first kappa shape index (κ1) is 19.7. The van der Waals surface area contributed by atoms with Gasteiger partial charge in [0.25, 0.3) is 0 Å². The molecule has 0 saturated heterocycles. The Morgan fingerprint density at radius 3 is 2.70 bits per heavy atom. The van der Waals surface area contributed by atoms with Crippen LogP contribution in [0.3, 0.4) is 0 Å². The van der Waals surface area contributed by atoms with E-state index >= 15 is 0 Å². The van der Waals surface area contributed by atoms with Crippen molar-refractivity contribution in [2.45, 2.75) is 25.3 Å². The Bertz CT molecular complexity index is 1040. The number of fused-ring (bicyclic) bond motifs is 3. The molecule has 0 amide bonds. The van der Waals surface area contributed by atoms with Crippen LogP contribution in [0.5, 0.6) is 5.75 Å². The third kappa shape index (κ3) is 3.54. The second-order valence-electron chi connectivity index (χ2n) is 7.20. The molecule has 0 fully saturated rings. The molecule has 0 saturated carbocycles. The van der Waals surface area contributed by atoms with E-state index in [1.807, 2.05) is 12.2 Å². The molecule has 0 radical (unpaired) electrons. The zero-order chi connectivity index (χ0) is 21.3. The minimum Gasteiger partial charge on any atom is -0.548 e. The normalized spacial score (nSPS) is 21.2. The first-order chi connectivity index (χ1) is 14.5. The molecule has 1 N–H and O–H groups in total. The van der Waals surface area contributed by atoms with Crippen molar-refractivity contribution in [3.63, 3.8) is 0 Å². The molecule has 1 aliphatic heterocycles. The van der Waals surface area contributed by atoms with Gasteiger partial charge in [0.05, 0.1) is 24.2 Å². The minimum absolute atomic E-state index is 0.118. The first-order valence-electron chi connectivity index (χ1n) is 9.76. The van der Waals surface area contributed by atoms with Crippen LogP contribution in [-0.2, 0) is 9.53 Å². The molecule has 4 rings (SSSR count). The van der Waals surface area contributed by atoms with Gasteiger partial charge < -0.3 is 24.7 Å². The second-order valence-corrected chi connectivity index (χ2v) is 7.20. The van der Waals surface area contributed by atoms with E-state index in [0.717, 1.165) is 5.56 Å². The Morgan fingerprint density at radius 1 is 1.13 bits per heavy atom. The number of hydrogen-bond donors (Lipinski definition) is 1. The molecule has 30 heavy (non-hydrogen) atoms. The van der Waals surface area contributed by atoms with Crippen molar-refractivity contribution in [2.75, 3.05) is 11.9 Å². The molecule has 0 unspecified atom stereocenters. The molecule has 7 heteroatoms. The summed E-state index contributed by atoms with van der Waals surface area (Å²) < 4.78 is 10.5. The summed E-state index contributed by atoms with van der Waals surface area (Å²) in [5.41, 5.74) is 1.96. The summed E-state index contributed by atoms with van der Waals surface area (Å²) in [5, 5.41) is 14.5. The summed E-state index contributed by atoms with van der Waals surface area (Å²) in [6.45, 7) is 1.91. The highest BCUT2D eigenvalue weighted by molar-refractivity contribution is 5.96. The van der Waals surface area contributed by atoms with Gasteiger partial charge in [-0.1, -0.05) is 24.3 Å². The minimum atomic E-state index is -1.14. The quantitative estimate of drug-likeness (QED) is 0.461. The Balaban J connectivity index is 1.61. The first-order valence-corrected chi connectivity index (χ1v) is 9.76. The second kappa shape index (κ2) is 8.02. The fourth-order valence-corrected chi connectivity index (χ4v) is 4.05. The maximum Gasteiger partial charge on any atom is 0.343 e. The monoisotopic (exact) mass is 406 g/mol. The predicted octanol–water partition coefficient (Wildman–Crippen LogP) is 2.29. The van der Waals surface area contributed by atoms with Gasteiger partial charge in [-0.05, 0) is 55.2 Å². The number of carboxylic acid groups (broad SMARTS) is 1. The maximum absolute atomic E-state index is 12.8. The van der Waals surface area contributed by atoms with E-state index in [2.05, 4.69) is 5.32 Å². The Morgan fingerprint density at radius 2 is 1.93 bits per heavy atom. The van der Waals surface area contributed by atoms with E-state index in [0.29, 0.717) is 17.7 Å². The van der Waals surface area contributed by atoms with Crippen LogP contribution in [0.4, 0.5) is 5.69 Å². The van der Waals surface area contributed by atoms with Crippen molar-refractivity contribution in [3.8, 4) is 5.75 Å². The third-order valence-electron chi connectivity index (χ3n) is 5.44. The number of benzene rings is 2. The summed E-state index contributed by atoms with van der Waals surface area (Å²) in [6.07, 6.45) is 4.53. The SMILES string of the molecule is CCOC(=O)c1ccccc1OC(=O)c1ccc2c(c1)[C@@H]1C=CC[C@H]1[C@H](C(=O)[O-])N2. The molecular formula is C23H20NO6-. The Labute approximate surface area is 173 Å². The molecule has 3 atom stereocenters. The lowest BCUT2D eigenvalue weighted by atomic mass is 9.79. The van der Waals surface area contributed by atoms with Gasteiger partial charge in [0, 0.05) is 11.6 Å². The molecule has 2 aromatic rings. The van der Waals surface area contributed by atoms with Crippen LogP contribution in [0.15, 0.2) is 54.6 Å². The van der Waals surface area contributed by atoms with Gasteiger partial charge in [-0.15, -0.1) is 0 Å². The highest BCUT2D eigenvalue weighted by Gasteiger charge is 2.38. The smallest absolute Gasteiger partial charge is 0.343 e. The molecule has 0 aromatic heterocycles. The number of carbonyl (C=O) groups excluding carboxylic acids is 3. The van der Waals surface area contributed by atoms with Crippen LogP contribution in [0.1, 0.15) is 45.5 Å². The molecule has 0 bridgehead atoms. The van der Waals surface area contributed by atoms with Crippen LogP contribution in [0.25, 0.3) is 0 Å². The zero-order valence-corrected chi connectivity index (χ0v) is 16.3. The number of rotatable bonds is 5. The molecular weight excluding hydrogens is 386 g/mol. The zero-order valence-electron chi connectivity index (χ0n) is 16.3. The van der Waals surface area contributed by atoms with Crippen LogP contribution in [0, 0.1) is 5.92 Å². The average molecular weight is 406 g/mol. The van der Waals surface area contributed by atoms with E-state index in [1.165, 1.54) is 12.1 Å². The largest absolute Gasteiger partial charge is 0.548 e. The Hall–Kier alpha value is -3.61. The topological polar surface area (TPSA) is 105 Å². The van der Waals surface area contributed by atoms with Crippen LogP contribution in [0.2, 0.25) is 0 Å². The summed E-state index contributed by atoms with van der Waals surface area (Å²) in [6, 6.07) is 10.5. The van der Waals surface area contributed by atoms with Crippen molar-refractivity contribution in [3.05, 3.63) is 71.3 Å². The van der Waals surface area contributed by atoms with E-state index in [4.69, 9.17) is 9.47 Å². The van der Waals surface area contributed by atoms with Gasteiger partial charge >= 0.3 is 11.9 Å². The van der Waals surface area contributed by atoms with Gasteiger partial charge in [-0.3, -0.25) is 0 Å². The molecule has 7 nitrogen and oxygen atoms in total. The molecule has 1 heterocycles. The number of allylic oxidation sites excluding steroid dienone is 2. The van der Waals surface area contributed by atoms with Crippen molar-refractivity contribution in [1.82, 2.24) is 0 Å². The highest BCUT2D eigenvalue weighted by Crippen LogP contribution is 2.44. The number of hydrogen-bond acceptors (Lipinski definition) is 7. The van der Waals surface area contributed by atoms with Gasteiger partial charge in [0.1, 0.15) is 11.3 Å². The molecule has 2 aromatic carbocycles. The molecule has 0 spiro atoms. The molecule has 154 valence electrons. The Kier molecular flexibility index (Phi) is 5.27. The van der Waals surface area contributed by atoms with E-state index in [1.54, 1.807) is 37.3 Å². The summed E-state index contributed by atoms with van der Waals surface area (Å²) in [7, 11) is 0. The van der Waals surface area contributed by atoms with E-state index in [-0.39, 0.29) is 29.8 Å². The van der Waals surface area contributed by atoms with Crippen LogP contribution in [-0.4, -0.2) is 30.6 Å². The standard InChI is InChI=1S/C23H21NO6/c1-2-29-23(28)16-6-3-4-9-19(16)30-22(27)13-10-11-18-17(12-13)14-7-5-8-15(14)20(24-18)21(25)26/h3-7,9-12,14-15,20,24H,2,8H2,1H3,(H,25,26)/p-1/t14-,15-,20-/m1/s1. The average Bonchev–Trinajstić information content (AvgIpc) is 3.23. The van der Waals surface area contributed by atoms with E-state index in [9.17, 15) is 19.5 Å². The van der Waals surface area contributed by atoms with Crippen molar-refractivity contribution in [2.24, 2.45) is 5.92 Å². The predicted molar refractivity (Wildman–Crippen MR) is 106 cm³/mol. The lowest BCUT2D eigenvalue weighted by Gasteiger charge is -2.37. The summed E-state index contributed by atoms with van der Waals surface area (Å²) >= 11 is 0.